The van der Waals surface area contributed by atoms with Crippen LogP contribution in [0.2, 0.25) is 0 Å². The number of rotatable bonds is 4. The van der Waals surface area contributed by atoms with Gasteiger partial charge in [0.1, 0.15) is 11.6 Å². The van der Waals surface area contributed by atoms with Crippen molar-refractivity contribution >= 4 is 5.91 Å². The molecule has 0 aromatic heterocycles. The molecule has 0 atom stereocenters. The van der Waals surface area contributed by atoms with Crippen molar-refractivity contribution in [3.05, 3.63) is 47.0 Å². The summed E-state index contributed by atoms with van der Waals surface area (Å²) in [6.45, 7) is 2.18. The Balaban J connectivity index is 1.87. The van der Waals surface area contributed by atoms with Crippen molar-refractivity contribution in [2.75, 3.05) is 19.6 Å². The average molecular weight is 266 g/mol. The van der Waals surface area contributed by atoms with Gasteiger partial charge in [-0.15, -0.1) is 0 Å². The second kappa shape index (κ2) is 6.43. The van der Waals surface area contributed by atoms with Crippen LogP contribution < -0.4 is 10.6 Å². The zero-order valence-electron chi connectivity index (χ0n) is 10.5. The molecule has 5 heteroatoms. The first kappa shape index (κ1) is 13.7. The summed E-state index contributed by atoms with van der Waals surface area (Å²) in [6.07, 6.45) is 2.79. The van der Waals surface area contributed by atoms with Gasteiger partial charge in [0, 0.05) is 18.7 Å². The molecule has 3 nitrogen and oxygen atoms in total. The Hall–Kier alpha value is -1.75. The molecule has 1 heterocycles. The van der Waals surface area contributed by atoms with E-state index in [1.54, 1.807) is 0 Å². The molecule has 1 aliphatic rings. The first-order valence-corrected chi connectivity index (χ1v) is 6.24. The molecular formula is C14H16F2N2O. The highest BCUT2D eigenvalue weighted by molar-refractivity contribution is 5.78. The van der Waals surface area contributed by atoms with E-state index in [-0.39, 0.29) is 17.9 Å². The summed E-state index contributed by atoms with van der Waals surface area (Å²) in [7, 11) is 0. The van der Waals surface area contributed by atoms with Gasteiger partial charge < -0.3 is 10.6 Å². The smallest absolute Gasteiger partial charge is 0.224 e. The topological polar surface area (TPSA) is 41.1 Å². The van der Waals surface area contributed by atoms with Crippen LogP contribution in [-0.2, 0) is 11.2 Å². The quantitative estimate of drug-likeness (QED) is 0.812. The van der Waals surface area contributed by atoms with Gasteiger partial charge in [0.05, 0.1) is 6.42 Å². The van der Waals surface area contributed by atoms with E-state index in [2.05, 4.69) is 10.6 Å². The summed E-state index contributed by atoms with van der Waals surface area (Å²) in [5, 5.41) is 5.90. The molecule has 0 bridgehead atoms. The van der Waals surface area contributed by atoms with Crippen molar-refractivity contribution in [2.45, 2.75) is 12.8 Å². The molecule has 2 N–H and O–H groups in total. The number of amides is 1. The van der Waals surface area contributed by atoms with Crippen LogP contribution in [0, 0.1) is 11.6 Å². The molecule has 1 aliphatic heterocycles. The van der Waals surface area contributed by atoms with Gasteiger partial charge in [0.25, 0.3) is 0 Å². The minimum absolute atomic E-state index is 0.0804. The second-order valence-electron chi connectivity index (χ2n) is 4.51. The molecule has 0 spiro atoms. The normalized spacial score (nSPS) is 14.9. The van der Waals surface area contributed by atoms with Crippen molar-refractivity contribution in [1.82, 2.24) is 10.6 Å². The third kappa shape index (κ3) is 4.13. The van der Waals surface area contributed by atoms with Gasteiger partial charge in [-0.2, -0.15) is 0 Å². The molecule has 19 heavy (non-hydrogen) atoms. The van der Waals surface area contributed by atoms with Crippen LogP contribution >= 0.6 is 0 Å². The maximum atomic E-state index is 13.4. The number of nitrogens with one attached hydrogen (secondary N) is 2. The zero-order valence-corrected chi connectivity index (χ0v) is 10.5. The monoisotopic (exact) mass is 266 g/mol. The van der Waals surface area contributed by atoms with Crippen LogP contribution in [0.1, 0.15) is 12.0 Å². The highest BCUT2D eigenvalue weighted by Crippen LogP contribution is 2.10. The van der Waals surface area contributed by atoms with Crippen molar-refractivity contribution < 1.29 is 13.6 Å². The molecule has 102 valence electrons. The Morgan fingerprint density at radius 1 is 1.37 bits per heavy atom. The van der Waals surface area contributed by atoms with Gasteiger partial charge in [-0.25, -0.2) is 8.78 Å². The summed E-state index contributed by atoms with van der Waals surface area (Å²) in [5.41, 5.74) is 1.24. The number of halogens is 2. The number of benzene rings is 1. The van der Waals surface area contributed by atoms with Crippen molar-refractivity contribution in [3.8, 4) is 0 Å². The molecule has 0 saturated heterocycles. The van der Waals surface area contributed by atoms with E-state index in [1.807, 2.05) is 6.08 Å². The number of carbonyl (C=O) groups is 1. The highest BCUT2D eigenvalue weighted by atomic mass is 19.1. The SMILES string of the molecule is O=C(Cc1cc(F)ccc1F)NCC1=CCNCC1. The lowest BCUT2D eigenvalue weighted by Crippen LogP contribution is -2.30. The molecule has 0 fully saturated rings. The van der Waals surface area contributed by atoms with Gasteiger partial charge >= 0.3 is 0 Å². The maximum absolute atomic E-state index is 13.4. The Labute approximate surface area is 110 Å². The molecule has 1 amide bonds. The number of hydrogen-bond donors (Lipinski definition) is 2. The Bertz CT molecular complexity index is 500. The van der Waals surface area contributed by atoms with Crippen molar-refractivity contribution in [2.24, 2.45) is 0 Å². The minimum Gasteiger partial charge on any atom is -0.352 e. The van der Waals surface area contributed by atoms with Crippen LogP contribution in [-0.4, -0.2) is 25.5 Å². The van der Waals surface area contributed by atoms with Crippen LogP contribution in [0.5, 0.6) is 0 Å². The van der Waals surface area contributed by atoms with Gasteiger partial charge in [-0.1, -0.05) is 11.6 Å². The maximum Gasteiger partial charge on any atom is 0.224 e. The van der Waals surface area contributed by atoms with E-state index in [0.29, 0.717) is 6.54 Å². The van der Waals surface area contributed by atoms with Gasteiger partial charge in [0.15, 0.2) is 0 Å². The van der Waals surface area contributed by atoms with Crippen LogP contribution in [0.3, 0.4) is 0 Å². The summed E-state index contributed by atoms with van der Waals surface area (Å²) >= 11 is 0. The molecule has 0 aliphatic carbocycles. The zero-order chi connectivity index (χ0) is 13.7. The molecule has 0 radical (unpaired) electrons. The molecule has 0 unspecified atom stereocenters. The predicted molar refractivity (Wildman–Crippen MR) is 68.6 cm³/mol. The van der Waals surface area contributed by atoms with Crippen molar-refractivity contribution in [1.29, 1.82) is 0 Å². The fourth-order valence-corrected chi connectivity index (χ4v) is 1.96. The molecule has 1 aromatic carbocycles. The van der Waals surface area contributed by atoms with E-state index in [0.717, 1.165) is 43.3 Å². The van der Waals surface area contributed by atoms with E-state index in [9.17, 15) is 13.6 Å². The number of hydrogen-bond acceptors (Lipinski definition) is 2. The summed E-state index contributed by atoms with van der Waals surface area (Å²) in [4.78, 5) is 11.7. The van der Waals surface area contributed by atoms with Gasteiger partial charge in [-0.3, -0.25) is 4.79 Å². The lowest BCUT2D eigenvalue weighted by Gasteiger charge is -2.14. The molecule has 1 aromatic rings. The predicted octanol–water partition coefficient (Wildman–Crippen LogP) is 1.54. The number of carbonyl (C=O) groups excluding carboxylic acids is 1. The second-order valence-corrected chi connectivity index (χ2v) is 4.51. The lowest BCUT2D eigenvalue weighted by atomic mass is 10.1. The standard InChI is InChI=1S/C14H16F2N2O/c15-12-1-2-13(16)11(7-12)8-14(19)18-9-10-3-5-17-6-4-10/h1-3,7,17H,4-6,8-9H2,(H,18,19). The molecule has 2 rings (SSSR count). The van der Waals surface area contributed by atoms with Gasteiger partial charge in [-0.05, 0) is 31.2 Å². The first-order valence-electron chi connectivity index (χ1n) is 6.24. The summed E-state index contributed by atoms with van der Waals surface area (Å²) < 4.78 is 26.3. The van der Waals surface area contributed by atoms with E-state index < -0.39 is 11.6 Å². The van der Waals surface area contributed by atoms with Crippen LogP contribution in [0.4, 0.5) is 8.78 Å². The highest BCUT2D eigenvalue weighted by Gasteiger charge is 2.10. The van der Waals surface area contributed by atoms with E-state index in [4.69, 9.17) is 0 Å². The van der Waals surface area contributed by atoms with Crippen molar-refractivity contribution in [3.63, 3.8) is 0 Å². The lowest BCUT2D eigenvalue weighted by molar-refractivity contribution is -0.120. The van der Waals surface area contributed by atoms with Gasteiger partial charge in [0.2, 0.25) is 5.91 Å². The molecular weight excluding hydrogens is 250 g/mol. The fourth-order valence-electron chi connectivity index (χ4n) is 1.96. The summed E-state index contributed by atoms with van der Waals surface area (Å²) in [6, 6.07) is 3.13. The Kier molecular flexibility index (Phi) is 4.63. The Morgan fingerprint density at radius 3 is 2.95 bits per heavy atom. The molecule has 0 saturated carbocycles. The van der Waals surface area contributed by atoms with E-state index >= 15 is 0 Å². The fraction of sp³-hybridized carbons (Fsp3) is 0.357. The largest absolute Gasteiger partial charge is 0.352 e. The Morgan fingerprint density at radius 2 is 2.21 bits per heavy atom. The first-order chi connectivity index (χ1) is 9.15. The minimum atomic E-state index is -0.558. The summed E-state index contributed by atoms with van der Waals surface area (Å²) in [5.74, 6) is -1.40. The van der Waals surface area contributed by atoms with Crippen LogP contribution in [0.15, 0.2) is 29.8 Å². The average Bonchev–Trinajstić information content (AvgIpc) is 2.42. The third-order valence-corrected chi connectivity index (χ3v) is 3.03. The third-order valence-electron chi connectivity index (χ3n) is 3.03. The van der Waals surface area contributed by atoms with E-state index in [1.165, 1.54) is 0 Å². The van der Waals surface area contributed by atoms with Crippen LogP contribution in [0.25, 0.3) is 0 Å².